The summed E-state index contributed by atoms with van der Waals surface area (Å²) in [4.78, 5) is 0. The van der Waals surface area contributed by atoms with Crippen molar-refractivity contribution < 1.29 is 0 Å². The summed E-state index contributed by atoms with van der Waals surface area (Å²) in [6.07, 6.45) is 13.2. The molecule has 1 aliphatic rings. The molecule has 0 amide bonds. The van der Waals surface area contributed by atoms with Crippen molar-refractivity contribution in [3.8, 4) is 11.8 Å². The van der Waals surface area contributed by atoms with Crippen molar-refractivity contribution in [1.82, 2.24) is 0 Å². The fraction of sp³-hybridized carbons (Fsp3) is 0.429. The summed E-state index contributed by atoms with van der Waals surface area (Å²) in [6, 6.07) is 18.2. The van der Waals surface area contributed by atoms with Crippen molar-refractivity contribution in [2.24, 2.45) is 0 Å². The van der Waals surface area contributed by atoms with E-state index in [9.17, 15) is 0 Å². The Morgan fingerprint density at radius 3 is 1.93 bits per heavy atom. The average molecular weight is 371 g/mol. The number of benzene rings is 2. The van der Waals surface area contributed by atoms with Gasteiger partial charge in [0.1, 0.15) is 0 Å². The molecule has 3 rings (SSSR count). The third kappa shape index (κ3) is 6.13. The van der Waals surface area contributed by atoms with Gasteiger partial charge >= 0.3 is 0 Å². The Balaban J connectivity index is 1.55. The molecule has 1 atom stereocenters. The molecule has 2 aromatic carbocycles. The van der Waals surface area contributed by atoms with E-state index >= 15 is 0 Å². The number of unbranched alkanes of at least 4 members (excludes halogenated alkanes) is 2. The van der Waals surface area contributed by atoms with Crippen LogP contribution in [0.15, 0.2) is 60.2 Å². The molecule has 0 nitrogen and oxygen atoms in total. The minimum absolute atomic E-state index is 0.656. The SMILES string of the molecule is CCCCc1ccc(C#CC2=CCC(c3ccc(CCCC)cc3)CC2)cc1. The van der Waals surface area contributed by atoms with E-state index in [1.807, 2.05) is 0 Å². The second-order valence-corrected chi connectivity index (χ2v) is 8.10. The number of hydrogen-bond acceptors (Lipinski definition) is 0. The molecule has 1 aliphatic carbocycles. The fourth-order valence-electron chi connectivity index (χ4n) is 3.88. The van der Waals surface area contributed by atoms with Crippen LogP contribution in [-0.2, 0) is 12.8 Å². The van der Waals surface area contributed by atoms with Gasteiger partial charge in [0, 0.05) is 5.56 Å². The molecule has 0 saturated heterocycles. The maximum Gasteiger partial charge on any atom is 0.0249 e. The molecule has 0 spiro atoms. The minimum Gasteiger partial charge on any atom is -0.0723 e. The lowest BCUT2D eigenvalue weighted by atomic mass is 9.84. The van der Waals surface area contributed by atoms with Crippen molar-refractivity contribution in [2.75, 3.05) is 0 Å². The predicted molar refractivity (Wildman–Crippen MR) is 122 cm³/mol. The van der Waals surface area contributed by atoms with Gasteiger partial charge in [-0.25, -0.2) is 0 Å². The largest absolute Gasteiger partial charge is 0.0723 e. The lowest BCUT2D eigenvalue weighted by molar-refractivity contribution is 0.607. The van der Waals surface area contributed by atoms with Crippen LogP contribution in [0, 0.1) is 11.8 Å². The molecule has 146 valence electrons. The Kier molecular flexibility index (Phi) is 7.98. The first kappa shape index (κ1) is 20.5. The van der Waals surface area contributed by atoms with Gasteiger partial charge in [-0.05, 0) is 85.3 Å². The Morgan fingerprint density at radius 1 is 0.786 bits per heavy atom. The highest BCUT2D eigenvalue weighted by atomic mass is 14.2. The summed E-state index contributed by atoms with van der Waals surface area (Å²) in [5.74, 6) is 7.43. The molecule has 0 N–H and O–H groups in total. The first-order valence-corrected chi connectivity index (χ1v) is 11.2. The molecule has 0 saturated carbocycles. The lowest BCUT2D eigenvalue weighted by Gasteiger charge is -2.20. The molecule has 0 fully saturated rings. The van der Waals surface area contributed by atoms with E-state index in [1.54, 1.807) is 0 Å². The molecule has 0 heteroatoms. The summed E-state index contributed by atoms with van der Waals surface area (Å²) in [6.45, 7) is 4.50. The van der Waals surface area contributed by atoms with Gasteiger partial charge in [-0.3, -0.25) is 0 Å². The highest BCUT2D eigenvalue weighted by molar-refractivity contribution is 5.42. The zero-order valence-electron chi connectivity index (χ0n) is 17.6. The maximum atomic E-state index is 3.42. The quantitative estimate of drug-likeness (QED) is 0.440. The first-order chi connectivity index (χ1) is 13.8. The summed E-state index contributed by atoms with van der Waals surface area (Å²) in [5.41, 5.74) is 6.83. The second kappa shape index (κ2) is 10.9. The summed E-state index contributed by atoms with van der Waals surface area (Å²) >= 11 is 0. The Labute approximate surface area is 172 Å². The van der Waals surface area contributed by atoms with Crippen LogP contribution < -0.4 is 0 Å². The van der Waals surface area contributed by atoms with Gasteiger partial charge in [0.15, 0.2) is 0 Å². The molecular weight excluding hydrogens is 336 g/mol. The van der Waals surface area contributed by atoms with E-state index in [0.717, 1.165) is 18.4 Å². The third-order valence-electron chi connectivity index (χ3n) is 5.82. The molecule has 2 aromatic rings. The molecule has 0 bridgehead atoms. The molecule has 0 aliphatic heterocycles. The molecule has 0 aromatic heterocycles. The number of aryl methyl sites for hydroxylation is 2. The van der Waals surface area contributed by atoms with E-state index in [-0.39, 0.29) is 0 Å². The van der Waals surface area contributed by atoms with Gasteiger partial charge in [0.05, 0.1) is 0 Å². The monoisotopic (exact) mass is 370 g/mol. The van der Waals surface area contributed by atoms with Crippen molar-refractivity contribution in [3.05, 3.63) is 82.4 Å². The van der Waals surface area contributed by atoms with Crippen LogP contribution in [0.1, 0.15) is 87.0 Å². The van der Waals surface area contributed by atoms with Gasteiger partial charge in [-0.1, -0.05) is 81.0 Å². The summed E-state index contributed by atoms with van der Waals surface area (Å²) < 4.78 is 0. The standard InChI is InChI=1S/C28H34/c1-3-5-7-23-9-11-25(12-10-23)13-14-26-17-21-28(22-18-26)27-19-15-24(16-20-27)8-6-4-2/h9-12,15-17,19-20,28H,3-8,18,21-22H2,1-2H3. The Bertz CT molecular complexity index is 809. The number of allylic oxidation sites excluding steroid dienone is 2. The van der Waals surface area contributed by atoms with Gasteiger partial charge in [0.2, 0.25) is 0 Å². The normalized spacial score (nSPS) is 16.2. The highest BCUT2D eigenvalue weighted by Gasteiger charge is 2.15. The molecular formula is C28H34. The van der Waals surface area contributed by atoms with Crippen LogP contribution >= 0.6 is 0 Å². The van der Waals surface area contributed by atoms with Crippen LogP contribution in [-0.4, -0.2) is 0 Å². The zero-order valence-corrected chi connectivity index (χ0v) is 17.6. The van der Waals surface area contributed by atoms with Crippen LogP contribution in [0.5, 0.6) is 0 Å². The zero-order chi connectivity index (χ0) is 19.6. The molecule has 1 unspecified atom stereocenters. The van der Waals surface area contributed by atoms with E-state index in [2.05, 4.69) is 80.3 Å². The van der Waals surface area contributed by atoms with Crippen LogP contribution in [0.25, 0.3) is 0 Å². The molecule has 28 heavy (non-hydrogen) atoms. The van der Waals surface area contributed by atoms with E-state index < -0.39 is 0 Å². The Hall–Kier alpha value is -2.26. The van der Waals surface area contributed by atoms with Crippen molar-refractivity contribution >= 4 is 0 Å². The van der Waals surface area contributed by atoms with Crippen molar-refractivity contribution in [3.63, 3.8) is 0 Å². The lowest BCUT2D eigenvalue weighted by Crippen LogP contribution is -2.04. The smallest absolute Gasteiger partial charge is 0.0249 e. The van der Waals surface area contributed by atoms with Crippen LogP contribution in [0.4, 0.5) is 0 Å². The van der Waals surface area contributed by atoms with E-state index in [0.29, 0.717) is 5.92 Å². The third-order valence-corrected chi connectivity index (χ3v) is 5.82. The number of hydrogen-bond donors (Lipinski definition) is 0. The van der Waals surface area contributed by atoms with Crippen LogP contribution in [0.3, 0.4) is 0 Å². The molecule has 0 heterocycles. The fourth-order valence-corrected chi connectivity index (χ4v) is 3.88. The molecule has 0 radical (unpaired) electrons. The number of rotatable bonds is 7. The average Bonchev–Trinajstić information content (AvgIpc) is 2.76. The van der Waals surface area contributed by atoms with E-state index in [1.165, 1.54) is 67.2 Å². The second-order valence-electron chi connectivity index (χ2n) is 8.10. The van der Waals surface area contributed by atoms with E-state index in [4.69, 9.17) is 0 Å². The summed E-state index contributed by atoms with van der Waals surface area (Å²) in [5, 5.41) is 0. The topological polar surface area (TPSA) is 0 Å². The van der Waals surface area contributed by atoms with Crippen molar-refractivity contribution in [1.29, 1.82) is 0 Å². The van der Waals surface area contributed by atoms with Crippen LogP contribution in [0.2, 0.25) is 0 Å². The summed E-state index contributed by atoms with van der Waals surface area (Å²) in [7, 11) is 0. The highest BCUT2D eigenvalue weighted by Crippen LogP contribution is 2.32. The van der Waals surface area contributed by atoms with Gasteiger partial charge in [-0.15, -0.1) is 0 Å². The first-order valence-electron chi connectivity index (χ1n) is 11.2. The maximum absolute atomic E-state index is 3.42. The Morgan fingerprint density at radius 2 is 1.39 bits per heavy atom. The van der Waals surface area contributed by atoms with Crippen molar-refractivity contribution in [2.45, 2.75) is 77.6 Å². The van der Waals surface area contributed by atoms with Gasteiger partial charge in [0.25, 0.3) is 0 Å². The van der Waals surface area contributed by atoms with Gasteiger partial charge < -0.3 is 0 Å². The predicted octanol–water partition coefficient (Wildman–Crippen LogP) is 7.62. The minimum atomic E-state index is 0.656. The van der Waals surface area contributed by atoms with Gasteiger partial charge in [-0.2, -0.15) is 0 Å².